The monoisotopic (exact) mass is 891 g/mol. The lowest BCUT2D eigenvalue weighted by molar-refractivity contribution is 0.714. The largest absolute Gasteiger partial charge is 0.309 e. The molecule has 11 aromatic rings. The first-order chi connectivity index (χ1) is 34.6. The Morgan fingerprint density at radius 1 is 0.257 bits per heavy atom. The maximum Gasteiger partial charge on any atom is 0.0713 e. The Morgan fingerprint density at radius 3 is 1.26 bits per heavy atom. The van der Waals surface area contributed by atoms with Crippen molar-refractivity contribution in [1.82, 2.24) is 0 Å². The van der Waals surface area contributed by atoms with Gasteiger partial charge in [-0.2, -0.15) is 0 Å². The number of hydrogen-bond donors (Lipinski definition) is 0. The van der Waals surface area contributed by atoms with Gasteiger partial charge in [-0.1, -0.05) is 243 Å². The van der Waals surface area contributed by atoms with Crippen LogP contribution in [-0.2, 0) is 10.8 Å². The van der Waals surface area contributed by atoms with Crippen LogP contribution >= 0.6 is 0 Å². The molecule has 1 unspecified atom stereocenters. The normalized spacial score (nSPS) is 14.8. The van der Waals surface area contributed by atoms with Crippen LogP contribution in [-0.4, -0.2) is 0 Å². The Labute approximate surface area is 411 Å². The number of para-hydroxylation sites is 2. The van der Waals surface area contributed by atoms with Crippen LogP contribution in [0.3, 0.4) is 0 Å². The van der Waals surface area contributed by atoms with Crippen molar-refractivity contribution in [3.8, 4) is 55.6 Å². The van der Waals surface area contributed by atoms with E-state index in [2.05, 4.69) is 291 Å². The molecule has 0 radical (unpaired) electrons. The summed E-state index contributed by atoms with van der Waals surface area (Å²) < 4.78 is 0. The highest BCUT2D eigenvalue weighted by molar-refractivity contribution is 5.96. The van der Waals surface area contributed by atoms with Gasteiger partial charge in [-0.15, -0.1) is 0 Å². The van der Waals surface area contributed by atoms with Gasteiger partial charge in [0.15, 0.2) is 0 Å². The molecule has 11 aromatic carbocycles. The van der Waals surface area contributed by atoms with Crippen molar-refractivity contribution in [2.75, 3.05) is 4.90 Å². The minimum absolute atomic E-state index is 0.310. The van der Waals surface area contributed by atoms with Gasteiger partial charge in [0.25, 0.3) is 0 Å². The van der Waals surface area contributed by atoms with Crippen LogP contribution in [0.5, 0.6) is 0 Å². The molecule has 0 fully saturated rings. The first kappa shape index (κ1) is 41.4. The summed E-state index contributed by atoms with van der Waals surface area (Å²) in [6.45, 7) is 2.40. The van der Waals surface area contributed by atoms with Gasteiger partial charge < -0.3 is 4.90 Å². The Bertz CT molecular complexity index is 3670. The quantitative estimate of drug-likeness (QED) is 0.140. The molecule has 0 saturated carbocycles. The molecule has 1 nitrogen and oxygen atoms in total. The van der Waals surface area contributed by atoms with Gasteiger partial charge in [0.05, 0.1) is 16.8 Å². The van der Waals surface area contributed by atoms with Crippen LogP contribution in [0.2, 0.25) is 0 Å². The smallest absolute Gasteiger partial charge is 0.0713 e. The van der Waals surface area contributed by atoms with E-state index in [1.165, 1.54) is 94.6 Å². The highest BCUT2D eigenvalue weighted by Gasteiger charge is 2.46. The summed E-state index contributed by atoms with van der Waals surface area (Å²) in [7, 11) is 0. The first-order valence-corrected chi connectivity index (χ1v) is 24.4. The molecule has 0 bridgehead atoms. The zero-order chi connectivity index (χ0) is 46.7. The van der Waals surface area contributed by atoms with Gasteiger partial charge in [0.2, 0.25) is 0 Å². The zero-order valence-electron chi connectivity index (χ0n) is 39.0. The third kappa shape index (κ3) is 6.39. The highest BCUT2D eigenvalue weighted by Crippen LogP contribution is 2.57. The van der Waals surface area contributed by atoms with E-state index in [-0.39, 0.29) is 5.41 Å². The van der Waals surface area contributed by atoms with Crippen LogP contribution in [0.4, 0.5) is 17.1 Å². The number of nitrogens with zero attached hydrogens (tertiary/aromatic N) is 1. The molecule has 0 aromatic heterocycles. The SMILES string of the molecule is CC1(c2ccccc2)c2ccccc2-c2ccc(-c3ccccc3N(c3ccc(-c4ccc5c(c4)C(c4ccccc4)(c4ccccc4)c4ccccc4-5)cc3)c3ccccc3-c3ccccc3)cc21. The van der Waals surface area contributed by atoms with Gasteiger partial charge in [-0.25, -0.2) is 0 Å². The summed E-state index contributed by atoms with van der Waals surface area (Å²) >= 11 is 0. The van der Waals surface area contributed by atoms with Gasteiger partial charge >= 0.3 is 0 Å². The standard InChI is InChI=1S/C69H49N/c1-68(52-24-8-3-9-25-52)62-34-18-14-32-58(62)60-45-41-51(47-64(60)68)57-31-17-21-37-67(57)70(66-36-20-16-30-56(66)49-22-6-2-7-23-49)55-42-38-48(39-43-55)50-40-44-61-59-33-15-19-35-63(59)69(65(61)46-50,53-26-10-4-11-27-53)54-28-12-5-13-29-54/h2-47H,1H3. The molecule has 2 aliphatic carbocycles. The van der Waals surface area contributed by atoms with Crippen molar-refractivity contribution in [1.29, 1.82) is 0 Å². The molecule has 1 atom stereocenters. The van der Waals surface area contributed by atoms with Crippen molar-refractivity contribution >= 4 is 17.1 Å². The Morgan fingerprint density at radius 2 is 0.657 bits per heavy atom. The summed E-state index contributed by atoms with van der Waals surface area (Å²) in [4.78, 5) is 2.47. The summed E-state index contributed by atoms with van der Waals surface area (Å²) in [6.07, 6.45) is 0. The average molecular weight is 892 g/mol. The maximum absolute atomic E-state index is 2.47. The molecular weight excluding hydrogens is 843 g/mol. The number of rotatable bonds is 9. The predicted octanol–water partition coefficient (Wildman–Crippen LogP) is 17.9. The molecule has 0 aliphatic heterocycles. The van der Waals surface area contributed by atoms with E-state index in [9.17, 15) is 0 Å². The van der Waals surface area contributed by atoms with Crippen LogP contribution in [0.15, 0.2) is 279 Å². The molecule has 2 aliphatic rings. The first-order valence-electron chi connectivity index (χ1n) is 24.4. The number of fused-ring (bicyclic) bond motifs is 6. The Kier molecular flexibility index (Phi) is 9.92. The second-order valence-electron chi connectivity index (χ2n) is 18.9. The van der Waals surface area contributed by atoms with E-state index in [1.807, 2.05) is 0 Å². The van der Waals surface area contributed by atoms with Crippen molar-refractivity contribution in [3.05, 3.63) is 318 Å². The number of benzene rings is 11. The van der Waals surface area contributed by atoms with E-state index in [4.69, 9.17) is 0 Å². The molecule has 330 valence electrons. The maximum atomic E-state index is 2.47. The number of anilines is 3. The molecule has 0 saturated heterocycles. The summed E-state index contributed by atoms with van der Waals surface area (Å²) in [5, 5.41) is 0. The molecule has 0 amide bonds. The predicted molar refractivity (Wildman–Crippen MR) is 292 cm³/mol. The molecule has 0 spiro atoms. The van der Waals surface area contributed by atoms with Crippen molar-refractivity contribution in [3.63, 3.8) is 0 Å². The van der Waals surface area contributed by atoms with Gasteiger partial charge in [-0.05, 0) is 127 Å². The van der Waals surface area contributed by atoms with E-state index in [1.54, 1.807) is 0 Å². The van der Waals surface area contributed by atoms with Crippen LogP contribution in [0.25, 0.3) is 55.6 Å². The van der Waals surface area contributed by atoms with Crippen LogP contribution in [0.1, 0.15) is 45.9 Å². The third-order valence-electron chi connectivity index (χ3n) is 15.3. The van der Waals surface area contributed by atoms with E-state index in [0.717, 1.165) is 17.1 Å². The molecular formula is C69H49N. The van der Waals surface area contributed by atoms with Crippen molar-refractivity contribution in [2.45, 2.75) is 17.8 Å². The Hall–Kier alpha value is -8.78. The second kappa shape index (κ2) is 16.8. The summed E-state index contributed by atoms with van der Waals surface area (Å²) in [5.74, 6) is 0. The lowest BCUT2D eigenvalue weighted by Crippen LogP contribution is -2.28. The molecule has 70 heavy (non-hydrogen) atoms. The molecule has 0 N–H and O–H groups in total. The minimum Gasteiger partial charge on any atom is -0.309 e. The highest BCUT2D eigenvalue weighted by atomic mass is 15.1. The average Bonchev–Trinajstić information content (AvgIpc) is 3.89. The van der Waals surface area contributed by atoms with E-state index in [0.29, 0.717) is 0 Å². The van der Waals surface area contributed by atoms with Crippen LogP contribution in [0, 0.1) is 0 Å². The fraction of sp³-hybridized carbons (Fsp3) is 0.0435. The van der Waals surface area contributed by atoms with Gasteiger partial charge in [0, 0.05) is 22.2 Å². The van der Waals surface area contributed by atoms with E-state index < -0.39 is 5.41 Å². The minimum atomic E-state index is -0.467. The third-order valence-corrected chi connectivity index (χ3v) is 15.3. The lowest BCUT2D eigenvalue weighted by atomic mass is 9.67. The van der Waals surface area contributed by atoms with Crippen molar-refractivity contribution < 1.29 is 0 Å². The topological polar surface area (TPSA) is 3.24 Å². The second-order valence-corrected chi connectivity index (χ2v) is 18.9. The summed E-state index contributed by atoms with van der Waals surface area (Å²) in [6, 6.07) is 103. The van der Waals surface area contributed by atoms with Crippen LogP contribution < -0.4 is 4.90 Å². The lowest BCUT2D eigenvalue weighted by Gasteiger charge is -2.34. The number of hydrogen-bond acceptors (Lipinski definition) is 1. The summed E-state index contributed by atoms with van der Waals surface area (Å²) in [5.41, 5.74) is 23.9. The van der Waals surface area contributed by atoms with Gasteiger partial charge in [0.1, 0.15) is 0 Å². The fourth-order valence-corrected chi connectivity index (χ4v) is 12.0. The molecule has 1 heteroatoms. The molecule has 0 heterocycles. The van der Waals surface area contributed by atoms with E-state index >= 15 is 0 Å². The van der Waals surface area contributed by atoms with Crippen molar-refractivity contribution in [2.24, 2.45) is 0 Å². The van der Waals surface area contributed by atoms with Gasteiger partial charge in [-0.3, -0.25) is 0 Å². The zero-order valence-corrected chi connectivity index (χ0v) is 39.0. The fourth-order valence-electron chi connectivity index (χ4n) is 12.0. The molecule has 13 rings (SSSR count). The Balaban J connectivity index is 0.968.